The van der Waals surface area contributed by atoms with Crippen molar-refractivity contribution in [1.82, 2.24) is 0 Å². The molecule has 0 saturated heterocycles. The van der Waals surface area contributed by atoms with E-state index in [2.05, 4.69) is 108 Å². The zero-order valence-electron chi connectivity index (χ0n) is 29.3. The predicted octanol–water partition coefficient (Wildman–Crippen LogP) is 11.6. The van der Waals surface area contributed by atoms with Crippen LogP contribution in [0, 0.1) is 74.1 Å². The van der Waals surface area contributed by atoms with E-state index in [1.54, 1.807) is 0 Å². The second-order valence-corrected chi connectivity index (χ2v) is 12.6. The molecule has 0 radical (unpaired) electrons. The molecular weight excluding hydrogens is 649 g/mol. The van der Waals surface area contributed by atoms with E-state index in [1.165, 1.54) is 0 Å². The van der Waals surface area contributed by atoms with Gasteiger partial charge in [0.25, 0.3) is 0 Å². The molecule has 0 amide bonds. The minimum absolute atomic E-state index is 0.777. The predicted molar refractivity (Wildman–Crippen MR) is 227 cm³/mol. The van der Waals surface area contributed by atoms with Crippen LogP contribution in [-0.2, 0) is 0 Å². The molecular formula is C54H30. The molecule has 0 aromatic heterocycles. The molecule has 7 aromatic rings. The Kier molecular flexibility index (Phi) is 9.56. The highest BCUT2D eigenvalue weighted by Crippen LogP contribution is 2.56. The van der Waals surface area contributed by atoms with Gasteiger partial charge in [-0.2, -0.15) is 0 Å². The molecule has 246 valence electrons. The Morgan fingerprint density at radius 2 is 0.296 bits per heavy atom. The van der Waals surface area contributed by atoms with Crippen LogP contribution in [-0.4, -0.2) is 0 Å². The van der Waals surface area contributed by atoms with Crippen molar-refractivity contribution in [2.24, 2.45) is 0 Å². The average Bonchev–Trinajstić information content (AvgIpc) is 3.25. The molecule has 0 nitrogen and oxygen atoms in total. The summed E-state index contributed by atoms with van der Waals surface area (Å²) in [4.78, 5) is 0. The first kappa shape index (κ1) is 34.4. The van der Waals surface area contributed by atoms with Crippen LogP contribution in [0.25, 0.3) is 66.8 Å². The van der Waals surface area contributed by atoms with E-state index in [-0.39, 0.29) is 0 Å². The first-order valence-corrected chi connectivity index (χ1v) is 17.2. The molecule has 54 heavy (non-hydrogen) atoms. The van der Waals surface area contributed by atoms with Crippen molar-refractivity contribution in [1.29, 1.82) is 0 Å². The second kappa shape index (κ2) is 15.0. The van der Waals surface area contributed by atoms with E-state index < -0.39 is 0 Å². The monoisotopic (exact) mass is 678 g/mol. The second-order valence-electron chi connectivity index (χ2n) is 12.6. The van der Waals surface area contributed by atoms with Crippen LogP contribution in [0.1, 0.15) is 33.4 Å². The van der Waals surface area contributed by atoms with Crippen LogP contribution >= 0.6 is 0 Å². The summed E-state index contributed by atoms with van der Waals surface area (Å²) in [5, 5.41) is 0. The maximum absolute atomic E-state index is 5.87. The quantitative estimate of drug-likeness (QED) is 0.154. The number of hydrogen-bond donors (Lipinski definition) is 0. The largest absolute Gasteiger partial charge is 0.115 e. The molecule has 0 aliphatic carbocycles. The molecule has 0 fully saturated rings. The smallest absolute Gasteiger partial charge is 0.0243 e. The topological polar surface area (TPSA) is 0 Å². The van der Waals surface area contributed by atoms with Gasteiger partial charge in [-0.25, -0.2) is 0 Å². The molecule has 0 heterocycles. The maximum Gasteiger partial charge on any atom is 0.0243 e. The zero-order chi connectivity index (χ0) is 37.6. The summed E-state index contributed by atoms with van der Waals surface area (Å²) in [5.41, 5.74) is 16.5. The van der Waals surface area contributed by atoms with Crippen LogP contribution in [0.3, 0.4) is 0 Å². The van der Waals surface area contributed by atoms with Crippen molar-refractivity contribution in [2.45, 2.75) is 0 Å². The molecule has 0 saturated carbocycles. The Balaban J connectivity index is 1.81. The Morgan fingerprint density at radius 1 is 0.185 bits per heavy atom. The Labute approximate surface area is 318 Å². The lowest BCUT2D eigenvalue weighted by atomic mass is 9.74. The van der Waals surface area contributed by atoms with Crippen molar-refractivity contribution < 1.29 is 0 Å². The molecule has 0 atom stereocenters. The van der Waals surface area contributed by atoms with Crippen molar-refractivity contribution in [3.05, 3.63) is 179 Å². The lowest BCUT2D eigenvalue weighted by molar-refractivity contribution is 1.50. The molecule has 0 spiro atoms. The van der Waals surface area contributed by atoms with Gasteiger partial charge in [0.2, 0.25) is 0 Å². The van der Waals surface area contributed by atoms with Crippen molar-refractivity contribution in [3.8, 4) is 141 Å². The van der Waals surface area contributed by atoms with Gasteiger partial charge in [-0.3, -0.25) is 0 Å². The highest BCUT2D eigenvalue weighted by molar-refractivity contribution is 6.15. The number of terminal acetylenes is 6. The molecule has 0 N–H and O–H groups in total. The van der Waals surface area contributed by atoms with E-state index in [0.717, 1.165) is 100 Å². The molecule has 0 aliphatic heterocycles. The lowest BCUT2D eigenvalue weighted by Crippen LogP contribution is -2.02. The lowest BCUT2D eigenvalue weighted by Gasteiger charge is -2.29. The van der Waals surface area contributed by atoms with Crippen LogP contribution in [0.4, 0.5) is 0 Å². The van der Waals surface area contributed by atoms with Crippen LogP contribution < -0.4 is 0 Å². The summed E-state index contributed by atoms with van der Waals surface area (Å²) in [6.45, 7) is 0. The van der Waals surface area contributed by atoms with Gasteiger partial charge in [-0.1, -0.05) is 108 Å². The Bertz CT molecular complexity index is 2250. The van der Waals surface area contributed by atoms with Crippen LogP contribution in [0.5, 0.6) is 0 Å². The van der Waals surface area contributed by atoms with Gasteiger partial charge in [0.05, 0.1) is 0 Å². The summed E-state index contributed by atoms with van der Waals surface area (Å²) in [5.74, 6) is 16.7. The van der Waals surface area contributed by atoms with Gasteiger partial charge in [0.1, 0.15) is 0 Å². The van der Waals surface area contributed by atoms with E-state index in [4.69, 9.17) is 38.5 Å². The number of rotatable bonds is 6. The Morgan fingerprint density at radius 3 is 0.389 bits per heavy atom. The highest BCUT2D eigenvalue weighted by atomic mass is 14.3. The van der Waals surface area contributed by atoms with Crippen LogP contribution in [0.15, 0.2) is 146 Å². The van der Waals surface area contributed by atoms with Gasteiger partial charge in [0, 0.05) is 33.4 Å². The van der Waals surface area contributed by atoms with E-state index in [1.807, 2.05) is 72.8 Å². The molecule has 0 unspecified atom stereocenters. The Hall–Kier alpha value is -8.10. The van der Waals surface area contributed by atoms with E-state index in [9.17, 15) is 0 Å². The highest BCUT2D eigenvalue weighted by Gasteiger charge is 2.29. The van der Waals surface area contributed by atoms with Gasteiger partial charge in [-0.05, 0) is 140 Å². The molecule has 7 aromatic carbocycles. The average molecular weight is 679 g/mol. The number of benzene rings is 7. The summed E-state index contributed by atoms with van der Waals surface area (Å²) in [6, 6.07) is 48.7. The SMILES string of the molecule is C#Cc1ccc(-c2c(-c3ccc(C#C)cc3)c(-c3ccc(C#C)cc3)c(-c3ccc(C#C)cc3)c(-c3ccc(C#C)cc3)c2-c2ccc(C#C)cc2)cc1. The summed E-state index contributed by atoms with van der Waals surface area (Å²) >= 11 is 0. The number of hydrogen-bond acceptors (Lipinski definition) is 0. The summed E-state index contributed by atoms with van der Waals surface area (Å²) < 4.78 is 0. The van der Waals surface area contributed by atoms with E-state index in [0.29, 0.717) is 0 Å². The first-order chi connectivity index (χ1) is 26.5. The van der Waals surface area contributed by atoms with E-state index >= 15 is 0 Å². The van der Waals surface area contributed by atoms with Crippen LogP contribution in [0.2, 0.25) is 0 Å². The first-order valence-electron chi connectivity index (χ1n) is 17.2. The fourth-order valence-corrected chi connectivity index (χ4v) is 6.88. The summed E-state index contributed by atoms with van der Waals surface area (Å²) in [6.07, 6.45) is 35.2. The van der Waals surface area contributed by atoms with Gasteiger partial charge in [-0.15, -0.1) is 38.5 Å². The molecule has 7 rings (SSSR count). The molecule has 0 aliphatic rings. The summed E-state index contributed by atoms with van der Waals surface area (Å²) in [7, 11) is 0. The third-order valence-electron chi connectivity index (χ3n) is 9.54. The van der Waals surface area contributed by atoms with Crippen molar-refractivity contribution in [2.75, 3.05) is 0 Å². The van der Waals surface area contributed by atoms with Crippen molar-refractivity contribution >= 4 is 0 Å². The molecule has 0 heteroatoms. The fraction of sp³-hybridized carbons (Fsp3) is 0. The fourth-order valence-electron chi connectivity index (χ4n) is 6.88. The normalized spacial score (nSPS) is 10.1. The third kappa shape index (κ3) is 6.45. The zero-order valence-corrected chi connectivity index (χ0v) is 29.3. The van der Waals surface area contributed by atoms with Crippen molar-refractivity contribution in [3.63, 3.8) is 0 Å². The molecule has 0 bridgehead atoms. The maximum atomic E-state index is 5.87. The minimum Gasteiger partial charge on any atom is -0.115 e. The van der Waals surface area contributed by atoms with Gasteiger partial charge < -0.3 is 0 Å². The van der Waals surface area contributed by atoms with Gasteiger partial charge >= 0.3 is 0 Å². The minimum atomic E-state index is 0.777. The van der Waals surface area contributed by atoms with Gasteiger partial charge in [0.15, 0.2) is 0 Å². The standard InChI is InChI=1S/C54H30/c1-7-37-13-25-43(26-14-37)49-50(44-27-15-38(8-2)16-28-44)52(46-31-19-40(10-4)20-32-46)54(48-35-23-42(12-6)24-36-48)53(47-33-21-41(11-5)22-34-47)51(49)45-29-17-39(9-3)18-30-45/h1-6,13-36H. The third-order valence-corrected chi connectivity index (χ3v) is 9.54.